The van der Waals surface area contributed by atoms with Crippen LogP contribution < -0.4 is 14.8 Å². The molecule has 0 saturated heterocycles. The quantitative estimate of drug-likeness (QED) is 0.593. The number of rotatable bonds is 11. The van der Waals surface area contributed by atoms with Crippen LogP contribution >= 0.6 is 0 Å². The zero-order valence-electron chi connectivity index (χ0n) is 19.2. The van der Waals surface area contributed by atoms with E-state index in [1.54, 1.807) is 19.1 Å². The fraction of sp³-hybridized carbons (Fsp3) is 0.440. The van der Waals surface area contributed by atoms with Crippen LogP contribution in [0.1, 0.15) is 38.3 Å². The van der Waals surface area contributed by atoms with Crippen molar-refractivity contribution in [2.45, 2.75) is 46.2 Å². The summed E-state index contributed by atoms with van der Waals surface area (Å²) in [6.07, 6.45) is 0.740. The van der Waals surface area contributed by atoms with Crippen LogP contribution in [0.25, 0.3) is 0 Å². The maximum Gasteiger partial charge on any atom is 0.242 e. The van der Waals surface area contributed by atoms with Gasteiger partial charge in [-0.2, -0.15) is 0 Å². The number of hydrogen-bond donors (Lipinski definition) is 1. The monoisotopic (exact) mass is 426 g/mol. The van der Waals surface area contributed by atoms with Gasteiger partial charge in [-0.25, -0.2) is 0 Å². The van der Waals surface area contributed by atoms with Gasteiger partial charge in [0.25, 0.3) is 0 Å². The molecule has 0 unspecified atom stereocenters. The van der Waals surface area contributed by atoms with Crippen molar-refractivity contribution in [1.82, 2.24) is 10.2 Å². The molecule has 2 aromatic rings. The maximum atomic E-state index is 13.4. The first-order valence-electron chi connectivity index (χ1n) is 10.7. The van der Waals surface area contributed by atoms with Gasteiger partial charge in [-0.1, -0.05) is 45.0 Å². The third kappa shape index (κ3) is 7.31. The minimum atomic E-state index is -0.546. The Labute approximate surface area is 185 Å². The van der Waals surface area contributed by atoms with E-state index in [1.807, 2.05) is 69.3 Å². The highest BCUT2D eigenvalue weighted by molar-refractivity contribution is 5.88. The molecule has 2 aromatic carbocycles. The second-order valence-electron chi connectivity index (χ2n) is 7.96. The van der Waals surface area contributed by atoms with Crippen molar-refractivity contribution in [1.29, 1.82) is 0 Å². The summed E-state index contributed by atoms with van der Waals surface area (Å²) in [6, 6.07) is 14.5. The van der Waals surface area contributed by atoms with Gasteiger partial charge in [0.1, 0.15) is 17.5 Å². The third-order valence-corrected chi connectivity index (χ3v) is 5.07. The van der Waals surface area contributed by atoms with E-state index in [4.69, 9.17) is 9.47 Å². The fourth-order valence-electron chi connectivity index (χ4n) is 3.33. The summed E-state index contributed by atoms with van der Waals surface area (Å²) in [5.74, 6) is 1.58. The summed E-state index contributed by atoms with van der Waals surface area (Å²) < 4.78 is 10.5. The first-order chi connectivity index (χ1) is 14.9. The third-order valence-electron chi connectivity index (χ3n) is 5.07. The molecule has 6 nitrogen and oxygen atoms in total. The van der Waals surface area contributed by atoms with E-state index < -0.39 is 6.04 Å². The molecule has 0 heterocycles. The van der Waals surface area contributed by atoms with Crippen LogP contribution in [0.2, 0.25) is 0 Å². The number of nitrogens with zero attached hydrogens (tertiary/aromatic N) is 1. The standard InChI is InChI=1S/C25H34N2O4/c1-6-23(25(29)26-16-18(2)3)27(17-20-8-7-9-22(14-20)31-5)24(28)15-19-10-12-21(30-4)13-11-19/h7-14,18,23H,6,15-17H2,1-5H3,(H,26,29)/t23-/m1/s1. The van der Waals surface area contributed by atoms with Gasteiger partial charge < -0.3 is 19.7 Å². The molecule has 6 heteroatoms. The topological polar surface area (TPSA) is 67.9 Å². The van der Waals surface area contributed by atoms with E-state index in [-0.39, 0.29) is 18.2 Å². The molecular formula is C25H34N2O4. The molecule has 0 bridgehead atoms. The molecule has 2 amide bonds. The lowest BCUT2D eigenvalue weighted by Crippen LogP contribution is -2.50. The molecule has 1 N–H and O–H groups in total. The maximum absolute atomic E-state index is 13.4. The van der Waals surface area contributed by atoms with Crippen molar-refractivity contribution < 1.29 is 19.1 Å². The van der Waals surface area contributed by atoms with Crippen molar-refractivity contribution in [2.24, 2.45) is 5.92 Å². The summed E-state index contributed by atoms with van der Waals surface area (Å²) in [7, 11) is 3.22. The van der Waals surface area contributed by atoms with Gasteiger partial charge in [0.2, 0.25) is 11.8 Å². The minimum Gasteiger partial charge on any atom is -0.497 e. The van der Waals surface area contributed by atoms with Crippen molar-refractivity contribution in [3.05, 3.63) is 59.7 Å². The Morgan fingerprint density at radius 3 is 2.23 bits per heavy atom. The second kappa shape index (κ2) is 12.0. The molecule has 0 aliphatic heterocycles. The SMILES string of the molecule is CC[C@H](C(=O)NCC(C)C)N(Cc1cccc(OC)c1)C(=O)Cc1ccc(OC)cc1. The zero-order valence-corrected chi connectivity index (χ0v) is 19.2. The highest BCUT2D eigenvalue weighted by Gasteiger charge is 2.28. The van der Waals surface area contributed by atoms with Crippen molar-refractivity contribution in [3.8, 4) is 11.5 Å². The van der Waals surface area contributed by atoms with E-state index in [1.165, 1.54) is 0 Å². The number of carbonyl (C=O) groups is 2. The molecular weight excluding hydrogens is 392 g/mol. The Kier molecular flexibility index (Phi) is 9.38. The first kappa shape index (κ1) is 24.3. The van der Waals surface area contributed by atoms with E-state index in [0.29, 0.717) is 25.4 Å². The lowest BCUT2D eigenvalue weighted by Gasteiger charge is -2.31. The van der Waals surface area contributed by atoms with E-state index in [9.17, 15) is 9.59 Å². The van der Waals surface area contributed by atoms with Gasteiger partial charge in [-0.05, 0) is 47.7 Å². The fourth-order valence-corrected chi connectivity index (χ4v) is 3.33. The van der Waals surface area contributed by atoms with Gasteiger partial charge in [0.15, 0.2) is 0 Å². The molecule has 0 aliphatic carbocycles. The Morgan fingerprint density at radius 2 is 1.65 bits per heavy atom. The molecule has 0 radical (unpaired) electrons. The van der Waals surface area contributed by atoms with E-state index in [2.05, 4.69) is 5.32 Å². The summed E-state index contributed by atoms with van der Waals surface area (Å²) in [4.78, 5) is 28.0. The number of nitrogens with one attached hydrogen (secondary N) is 1. The number of amides is 2. The van der Waals surface area contributed by atoms with Crippen LogP contribution in [-0.2, 0) is 22.6 Å². The summed E-state index contributed by atoms with van der Waals surface area (Å²) in [5.41, 5.74) is 1.79. The van der Waals surface area contributed by atoms with Crippen LogP contribution in [0.3, 0.4) is 0 Å². The van der Waals surface area contributed by atoms with Gasteiger partial charge in [-0.3, -0.25) is 9.59 Å². The highest BCUT2D eigenvalue weighted by atomic mass is 16.5. The molecule has 0 aromatic heterocycles. The molecule has 31 heavy (non-hydrogen) atoms. The minimum absolute atomic E-state index is 0.0977. The van der Waals surface area contributed by atoms with Gasteiger partial charge >= 0.3 is 0 Å². The van der Waals surface area contributed by atoms with Crippen LogP contribution in [0, 0.1) is 5.92 Å². The smallest absolute Gasteiger partial charge is 0.242 e. The number of carbonyl (C=O) groups excluding carboxylic acids is 2. The Hall–Kier alpha value is -3.02. The summed E-state index contributed by atoms with van der Waals surface area (Å²) in [5, 5.41) is 2.98. The zero-order chi connectivity index (χ0) is 22.8. The van der Waals surface area contributed by atoms with Crippen LogP contribution in [0.5, 0.6) is 11.5 Å². The lowest BCUT2D eigenvalue weighted by atomic mass is 10.1. The predicted molar refractivity (Wildman–Crippen MR) is 122 cm³/mol. The average Bonchev–Trinajstić information content (AvgIpc) is 2.78. The number of ether oxygens (including phenoxy) is 2. The largest absolute Gasteiger partial charge is 0.497 e. The molecule has 0 aliphatic rings. The Bertz CT molecular complexity index is 849. The van der Waals surface area contributed by atoms with Crippen molar-refractivity contribution in [3.63, 3.8) is 0 Å². The molecule has 0 fully saturated rings. The average molecular weight is 427 g/mol. The number of benzene rings is 2. The van der Waals surface area contributed by atoms with Crippen LogP contribution in [0.4, 0.5) is 0 Å². The summed E-state index contributed by atoms with van der Waals surface area (Å²) >= 11 is 0. The van der Waals surface area contributed by atoms with Crippen molar-refractivity contribution >= 4 is 11.8 Å². The normalized spacial score (nSPS) is 11.7. The number of methoxy groups -OCH3 is 2. The van der Waals surface area contributed by atoms with Gasteiger partial charge in [-0.15, -0.1) is 0 Å². The molecule has 0 saturated carbocycles. The number of hydrogen-bond acceptors (Lipinski definition) is 4. The summed E-state index contributed by atoms with van der Waals surface area (Å²) in [6.45, 7) is 6.93. The molecule has 2 rings (SSSR count). The van der Waals surface area contributed by atoms with E-state index >= 15 is 0 Å². The Morgan fingerprint density at radius 1 is 0.968 bits per heavy atom. The highest BCUT2D eigenvalue weighted by Crippen LogP contribution is 2.19. The first-order valence-corrected chi connectivity index (χ1v) is 10.7. The molecule has 1 atom stereocenters. The van der Waals surface area contributed by atoms with Gasteiger partial charge in [0.05, 0.1) is 20.6 Å². The Balaban J connectivity index is 2.27. The van der Waals surface area contributed by atoms with Crippen molar-refractivity contribution in [2.75, 3.05) is 20.8 Å². The lowest BCUT2D eigenvalue weighted by molar-refractivity contribution is -0.141. The van der Waals surface area contributed by atoms with E-state index in [0.717, 1.165) is 22.6 Å². The van der Waals surface area contributed by atoms with Gasteiger partial charge in [0, 0.05) is 13.1 Å². The van der Waals surface area contributed by atoms with Crippen LogP contribution in [0.15, 0.2) is 48.5 Å². The second-order valence-corrected chi connectivity index (χ2v) is 7.96. The predicted octanol–water partition coefficient (Wildman–Crippen LogP) is 3.83. The van der Waals surface area contributed by atoms with Crippen LogP contribution in [-0.4, -0.2) is 43.5 Å². The molecule has 0 spiro atoms. The molecule has 168 valence electrons.